The first-order chi connectivity index (χ1) is 6.50. The van der Waals surface area contributed by atoms with Crippen molar-refractivity contribution in [3.8, 4) is 0 Å². The lowest BCUT2D eigenvalue weighted by molar-refractivity contribution is -0.147. The monoisotopic (exact) mass is 198 g/mol. The van der Waals surface area contributed by atoms with Crippen molar-refractivity contribution >= 4 is 5.97 Å². The summed E-state index contributed by atoms with van der Waals surface area (Å²) >= 11 is 0. The van der Waals surface area contributed by atoms with Gasteiger partial charge in [-0.2, -0.15) is 0 Å². The summed E-state index contributed by atoms with van der Waals surface area (Å²) in [4.78, 5) is 11.6. The summed E-state index contributed by atoms with van der Waals surface area (Å²) < 4.78 is 5.07. The van der Waals surface area contributed by atoms with Gasteiger partial charge in [-0.05, 0) is 31.6 Å². The topological polar surface area (TPSA) is 26.3 Å². The molecule has 0 amide bonds. The molecule has 1 saturated heterocycles. The van der Waals surface area contributed by atoms with Gasteiger partial charge in [0.2, 0.25) is 0 Å². The first kappa shape index (κ1) is 11.5. The lowest BCUT2D eigenvalue weighted by Gasteiger charge is -2.28. The van der Waals surface area contributed by atoms with Gasteiger partial charge in [0, 0.05) is 0 Å². The molecule has 14 heavy (non-hydrogen) atoms. The zero-order valence-corrected chi connectivity index (χ0v) is 9.80. The maximum Gasteiger partial charge on any atom is 0.312 e. The van der Waals surface area contributed by atoms with Gasteiger partial charge in [0.15, 0.2) is 0 Å². The molecule has 0 radical (unpaired) electrons. The average molecular weight is 198 g/mol. The molecule has 0 aromatic carbocycles. The largest absolute Gasteiger partial charge is 0.465 e. The predicted octanol–water partition coefficient (Wildman–Crippen LogP) is 3.01. The molecular weight excluding hydrogens is 176 g/mol. The van der Waals surface area contributed by atoms with Crippen LogP contribution in [0.2, 0.25) is 0 Å². The highest BCUT2D eigenvalue weighted by molar-refractivity contribution is 5.78. The molecule has 0 aromatic rings. The fourth-order valence-corrected chi connectivity index (χ4v) is 2.10. The minimum Gasteiger partial charge on any atom is -0.465 e. The Morgan fingerprint density at radius 3 is 2.57 bits per heavy atom. The molecule has 1 aliphatic heterocycles. The second-order valence-electron chi connectivity index (χ2n) is 4.95. The molecule has 3 atom stereocenters. The molecule has 82 valence electrons. The van der Waals surface area contributed by atoms with Crippen LogP contribution in [0.3, 0.4) is 0 Å². The fraction of sp³-hybridized carbons (Fsp3) is 0.917. The van der Waals surface area contributed by atoms with E-state index in [1.807, 2.05) is 0 Å². The van der Waals surface area contributed by atoms with Crippen LogP contribution in [-0.4, -0.2) is 12.6 Å². The highest BCUT2D eigenvalue weighted by atomic mass is 16.5. The normalized spacial score (nSPS) is 31.3. The summed E-state index contributed by atoms with van der Waals surface area (Å²) in [5.74, 6) is 1.15. The minimum atomic E-state index is -0.219. The van der Waals surface area contributed by atoms with E-state index in [-0.39, 0.29) is 11.4 Å². The van der Waals surface area contributed by atoms with Crippen LogP contribution >= 0.6 is 0 Å². The molecule has 2 heteroatoms. The van der Waals surface area contributed by atoms with Crippen molar-refractivity contribution in [1.82, 2.24) is 0 Å². The van der Waals surface area contributed by atoms with Gasteiger partial charge in [-0.1, -0.05) is 27.2 Å². The zero-order chi connectivity index (χ0) is 10.8. The van der Waals surface area contributed by atoms with E-state index >= 15 is 0 Å². The van der Waals surface area contributed by atoms with Crippen LogP contribution in [0, 0.1) is 17.3 Å². The van der Waals surface area contributed by atoms with Gasteiger partial charge in [-0.15, -0.1) is 0 Å². The first-order valence-electron chi connectivity index (χ1n) is 5.68. The number of esters is 1. The zero-order valence-electron chi connectivity index (χ0n) is 9.80. The van der Waals surface area contributed by atoms with E-state index in [0.717, 1.165) is 12.8 Å². The Labute approximate surface area is 87.0 Å². The summed E-state index contributed by atoms with van der Waals surface area (Å²) in [5, 5.41) is 0. The SMILES string of the molecule is CCC(C)CC(C)C1(C)CCOC1=O. The van der Waals surface area contributed by atoms with E-state index < -0.39 is 0 Å². The molecule has 0 bridgehead atoms. The number of hydrogen-bond donors (Lipinski definition) is 0. The third-order valence-corrected chi connectivity index (χ3v) is 3.86. The molecule has 0 aliphatic carbocycles. The molecule has 0 saturated carbocycles. The van der Waals surface area contributed by atoms with E-state index in [4.69, 9.17) is 4.74 Å². The molecular formula is C12H22O2. The highest BCUT2D eigenvalue weighted by Crippen LogP contribution is 2.40. The Hall–Kier alpha value is -0.530. The van der Waals surface area contributed by atoms with Gasteiger partial charge < -0.3 is 4.74 Å². The number of cyclic esters (lactones) is 1. The van der Waals surface area contributed by atoms with Gasteiger partial charge in [0.05, 0.1) is 12.0 Å². The molecule has 1 fully saturated rings. The van der Waals surface area contributed by atoms with Crippen molar-refractivity contribution in [1.29, 1.82) is 0 Å². The summed E-state index contributed by atoms with van der Waals surface area (Å²) in [6.45, 7) is 9.29. The van der Waals surface area contributed by atoms with Crippen LogP contribution in [0.1, 0.15) is 47.0 Å². The van der Waals surface area contributed by atoms with Crippen molar-refractivity contribution < 1.29 is 9.53 Å². The second-order valence-corrected chi connectivity index (χ2v) is 4.95. The third-order valence-electron chi connectivity index (χ3n) is 3.86. The average Bonchev–Trinajstić information content (AvgIpc) is 2.48. The smallest absolute Gasteiger partial charge is 0.312 e. The van der Waals surface area contributed by atoms with Crippen LogP contribution in [0.15, 0.2) is 0 Å². The van der Waals surface area contributed by atoms with Crippen LogP contribution in [-0.2, 0) is 9.53 Å². The van der Waals surface area contributed by atoms with Crippen molar-refractivity contribution in [3.05, 3.63) is 0 Å². The lowest BCUT2D eigenvalue weighted by atomic mass is 9.73. The molecule has 3 unspecified atom stereocenters. The number of carbonyl (C=O) groups excluding carboxylic acids is 1. The Kier molecular flexibility index (Phi) is 3.57. The molecule has 0 N–H and O–H groups in total. The Morgan fingerprint density at radius 1 is 1.50 bits per heavy atom. The van der Waals surface area contributed by atoms with E-state index in [9.17, 15) is 4.79 Å². The van der Waals surface area contributed by atoms with Crippen LogP contribution < -0.4 is 0 Å². The number of rotatable bonds is 4. The summed E-state index contributed by atoms with van der Waals surface area (Å²) in [7, 11) is 0. The highest BCUT2D eigenvalue weighted by Gasteiger charge is 2.44. The minimum absolute atomic E-state index is 0.00769. The Balaban J connectivity index is 2.58. The van der Waals surface area contributed by atoms with Crippen molar-refractivity contribution in [3.63, 3.8) is 0 Å². The maximum atomic E-state index is 11.6. The van der Waals surface area contributed by atoms with Crippen LogP contribution in [0.5, 0.6) is 0 Å². The third kappa shape index (κ3) is 2.10. The molecule has 0 spiro atoms. The quantitative estimate of drug-likeness (QED) is 0.649. The Bertz CT molecular complexity index is 212. The second kappa shape index (κ2) is 4.33. The Morgan fingerprint density at radius 2 is 2.14 bits per heavy atom. The van der Waals surface area contributed by atoms with E-state index in [0.29, 0.717) is 18.4 Å². The van der Waals surface area contributed by atoms with E-state index in [2.05, 4.69) is 27.7 Å². The van der Waals surface area contributed by atoms with E-state index in [1.165, 1.54) is 6.42 Å². The van der Waals surface area contributed by atoms with Gasteiger partial charge in [0.1, 0.15) is 0 Å². The molecule has 1 aliphatic rings. The van der Waals surface area contributed by atoms with Gasteiger partial charge in [0.25, 0.3) is 0 Å². The number of ether oxygens (including phenoxy) is 1. The predicted molar refractivity (Wildman–Crippen MR) is 56.9 cm³/mol. The standard InChI is InChI=1S/C12H22O2/c1-5-9(2)8-10(3)12(4)6-7-14-11(12)13/h9-10H,5-8H2,1-4H3. The van der Waals surface area contributed by atoms with Gasteiger partial charge >= 0.3 is 5.97 Å². The fourth-order valence-electron chi connectivity index (χ4n) is 2.10. The van der Waals surface area contributed by atoms with Crippen LogP contribution in [0.25, 0.3) is 0 Å². The molecule has 2 nitrogen and oxygen atoms in total. The van der Waals surface area contributed by atoms with Crippen molar-refractivity contribution in [2.75, 3.05) is 6.61 Å². The van der Waals surface area contributed by atoms with Gasteiger partial charge in [-0.25, -0.2) is 0 Å². The summed E-state index contributed by atoms with van der Waals surface area (Å²) in [6.07, 6.45) is 3.21. The maximum absolute atomic E-state index is 11.6. The van der Waals surface area contributed by atoms with Gasteiger partial charge in [-0.3, -0.25) is 4.79 Å². The summed E-state index contributed by atoms with van der Waals surface area (Å²) in [6, 6.07) is 0. The molecule has 1 heterocycles. The molecule has 0 aromatic heterocycles. The first-order valence-corrected chi connectivity index (χ1v) is 5.68. The van der Waals surface area contributed by atoms with Crippen LogP contribution in [0.4, 0.5) is 0 Å². The van der Waals surface area contributed by atoms with Crippen molar-refractivity contribution in [2.24, 2.45) is 17.3 Å². The molecule has 1 rings (SSSR count). The summed E-state index contributed by atoms with van der Waals surface area (Å²) in [5.41, 5.74) is -0.219. The van der Waals surface area contributed by atoms with Crippen molar-refractivity contribution in [2.45, 2.75) is 47.0 Å². The van der Waals surface area contributed by atoms with E-state index in [1.54, 1.807) is 0 Å². The number of hydrogen-bond acceptors (Lipinski definition) is 2. The lowest BCUT2D eigenvalue weighted by Crippen LogP contribution is -2.31. The number of carbonyl (C=O) groups is 1.